The van der Waals surface area contributed by atoms with Crippen LogP contribution in [0, 0.1) is 23.7 Å². The minimum Gasteiger partial charge on any atom is -0.462 e. The minimum atomic E-state index is -4.95. The summed E-state index contributed by atoms with van der Waals surface area (Å²) in [6, 6.07) is 0. The molecule has 17 nitrogen and oxygen atoms in total. The summed E-state index contributed by atoms with van der Waals surface area (Å²) in [5.74, 6) is 0.886. The van der Waals surface area contributed by atoms with Gasteiger partial charge in [-0.25, -0.2) is 9.13 Å². The lowest BCUT2D eigenvalue weighted by molar-refractivity contribution is -0.161. The molecule has 19 heteroatoms. The Balaban J connectivity index is 5.23. The van der Waals surface area contributed by atoms with Gasteiger partial charge in [0, 0.05) is 25.7 Å². The highest BCUT2D eigenvalue weighted by molar-refractivity contribution is 7.47. The molecule has 0 saturated carbocycles. The van der Waals surface area contributed by atoms with E-state index in [0.717, 1.165) is 120 Å². The van der Waals surface area contributed by atoms with Crippen molar-refractivity contribution in [2.45, 2.75) is 382 Å². The van der Waals surface area contributed by atoms with Gasteiger partial charge in [-0.15, -0.1) is 0 Å². The number of carbonyl (C=O) groups is 4. The van der Waals surface area contributed by atoms with Gasteiger partial charge in [-0.3, -0.25) is 37.3 Å². The molecule has 0 aromatic rings. The van der Waals surface area contributed by atoms with Crippen LogP contribution in [0.5, 0.6) is 0 Å². The lowest BCUT2D eigenvalue weighted by Gasteiger charge is -2.21. The third kappa shape index (κ3) is 65.4. The van der Waals surface area contributed by atoms with Gasteiger partial charge >= 0.3 is 39.5 Å². The summed E-state index contributed by atoms with van der Waals surface area (Å²) in [4.78, 5) is 72.7. The Bertz CT molecular complexity index is 1820. The van der Waals surface area contributed by atoms with Crippen LogP contribution in [0.3, 0.4) is 0 Å². The number of carbonyl (C=O) groups excluding carboxylic acids is 4. The third-order valence-electron chi connectivity index (χ3n) is 17.2. The van der Waals surface area contributed by atoms with E-state index in [1.807, 2.05) is 0 Å². The maximum atomic E-state index is 13.0. The molecule has 0 bridgehead atoms. The Hall–Kier alpha value is -1.94. The van der Waals surface area contributed by atoms with Gasteiger partial charge in [-0.1, -0.05) is 312 Å². The molecule has 0 aromatic carbocycles. The van der Waals surface area contributed by atoms with Crippen LogP contribution in [0.1, 0.15) is 364 Å². The summed E-state index contributed by atoms with van der Waals surface area (Å²) < 4.78 is 68.4. The maximum Gasteiger partial charge on any atom is 0.472 e. The molecular weight excluding hydrogens is 1210 g/mol. The van der Waals surface area contributed by atoms with Gasteiger partial charge < -0.3 is 33.8 Å². The second-order valence-electron chi connectivity index (χ2n) is 28.0. The van der Waals surface area contributed by atoms with Crippen molar-refractivity contribution in [1.29, 1.82) is 0 Å². The van der Waals surface area contributed by atoms with Gasteiger partial charge in [0.05, 0.1) is 26.4 Å². The number of hydrogen-bond donors (Lipinski definition) is 3. The molecule has 0 rings (SSSR count). The average Bonchev–Trinajstić information content (AvgIpc) is 1.91. The average molecular weight is 1350 g/mol. The number of hydrogen-bond acceptors (Lipinski definition) is 15. The number of unbranched alkanes of at least 4 members (excludes halogenated alkanes) is 35. The maximum absolute atomic E-state index is 13.0. The normalized spacial score (nSPS) is 14.5. The molecule has 546 valence electrons. The first-order valence-corrected chi connectivity index (χ1v) is 40.7. The number of ether oxygens (including phenoxy) is 4. The second-order valence-corrected chi connectivity index (χ2v) is 30.9. The topological polar surface area (TPSA) is 237 Å². The van der Waals surface area contributed by atoms with Crippen LogP contribution in [0.15, 0.2) is 0 Å². The number of aliphatic hydroxyl groups excluding tert-OH is 1. The van der Waals surface area contributed by atoms with Crippen molar-refractivity contribution < 1.29 is 80.2 Å². The largest absolute Gasteiger partial charge is 0.472 e. The van der Waals surface area contributed by atoms with Gasteiger partial charge in [-0.2, -0.15) is 0 Å². The summed E-state index contributed by atoms with van der Waals surface area (Å²) in [6.45, 7) is 14.1. The van der Waals surface area contributed by atoms with E-state index in [-0.39, 0.29) is 25.7 Å². The van der Waals surface area contributed by atoms with Crippen LogP contribution in [0.4, 0.5) is 0 Å². The Morgan fingerprint density at radius 2 is 0.522 bits per heavy atom. The fraction of sp³-hybridized carbons (Fsp3) is 0.945. The van der Waals surface area contributed by atoms with Crippen molar-refractivity contribution in [3.63, 3.8) is 0 Å². The first kappa shape index (κ1) is 90.1. The van der Waals surface area contributed by atoms with Crippen LogP contribution in [0.25, 0.3) is 0 Å². The van der Waals surface area contributed by atoms with Crippen LogP contribution >= 0.6 is 15.6 Å². The van der Waals surface area contributed by atoms with E-state index in [2.05, 4.69) is 55.4 Å². The first-order valence-electron chi connectivity index (χ1n) is 37.7. The molecular formula is C73H142O17P2. The molecule has 0 aliphatic rings. The summed E-state index contributed by atoms with van der Waals surface area (Å²) in [5, 5.41) is 10.6. The molecule has 0 aliphatic carbocycles. The van der Waals surface area contributed by atoms with Gasteiger partial charge in [0.25, 0.3) is 0 Å². The lowest BCUT2D eigenvalue weighted by atomic mass is 10.00. The lowest BCUT2D eigenvalue weighted by Crippen LogP contribution is -2.30. The van der Waals surface area contributed by atoms with E-state index in [9.17, 15) is 43.2 Å². The smallest absolute Gasteiger partial charge is 0.462 e. The van der Waals surface area contributed by atoms with Crippen LogP contribution in [0.2, 0.25) is 0 Å². The van der Waals surface area contributed by atoms with Crippen LogP contribution < -0.4 is 0 Å². The molecule has 3 N–H and O–H groups in total. The minimum absolute atomic E-state index is 0.104. The number of esters is 4. The van der Waals surface area contributed by atoms with Crippen LogP contribution in [-0.2, 0) is 65.4 Å². The summed E-state index contributed by atoms with van der Waals surface area (Å²) in [5.41, 5.74) is 0. The third-order valence-corrected chi connectivity index (χ3v) is 19.1. The highest BCUT2D eigenvalue weighted by atomic mass is 31.2. The quantitative estimate of drug-likeness (QED) is 0.0222. The number of phosphoric acid groups is 2. The fourth-order valence-electron chi connectivity index (χ4n) is 11.0. The zero-order chi connectivity index (χ0) is 68.2. The first-order chi connectivity index (χ1) is 44.1. The number of aliphatic hydroxyl groups is 1. The van der Waals surface area contributed by atoms with Crippen molar-refractivity contribution in [3.8, 4) is 0 Å². The van der Waals surface area contributed by atoms with Crippen LogP contribution in [-0.4, -0.2) is 96.7 Å². The van der Waals surface area contributed by atoms with Crippen molar-refractivity contribution in [3.05, 3.63) is 0 Å². The zero-order valence-corrected chi connectivity index (χ0v) is 62.0. The highest BCUT2D eigenvalue weighted by Gasteiger charge is 2.30. The second kappa shape index (κ2) is 62.6. The zero-order valence-electron chi connectivity index (χ0n) is 60.2. The van der Waals surface area contributed by atoms with Crippen molar-refractivity contribution in [2.75, 3.05) is 39.6 Å². The Labute approximate surface area is 562 Å². The summed E-state index contributed by atoms with van der Waals surface area (Å²) in [6.07, 6.45) is 45.9. The molecule has 0 saturated heterocycles. The van der Waals surface area contributed by atoms with E-state index in [1.54, 1.807) is 0 Å². The van der Waals surface area contributed by atoms with E-state index >= 15 is 0 Å². The van der Waals surface area contributed by atoms with Gasteiger partial charge in [0.1, 0.15) is 19.3 Å². The standard InChI is InChI=1S/C73H142O17P2/c1-9-66(8)52-44-36-31-32-38-46-54-71(76)84-60-69(89-72(77)55-47-39-29-22-18-14-16-20-26-34-42-50-64(4)5)62-88-92(81,82)86-58-67(74)57-85-91(79,80)87-61-68(90-73(78)56-48-40-30-24-23-27-35-43-51-65(6)7)59-83-70(75)53-45-37-28-21-17-13-11-10-12-15-19-25-33-41-49-63(2)3/h63-69,74H,9-62H2,1-8H3,(H,79,80)(H,81,82)/t66?,67-,68-,69-/m1/s1. The highest BCUT2D eigenvalue weighted by Crippen LogP contribution is 2.45. The van der Waals surface area contributed by atoms with Crippen molar-refractivity contribution in [1.82, 2.24) is 0 Å². The SMILES string of the molecule is CCC(C)CCCCCCCCC(=O)OC[C@H](COP(=O)(O)OC[C@H](O)COP(=O)(O)OC[C@@H](COC(=O)CCCCCCCCCCCCCCCCC(C)C)OC(=O)CCCCCCCCCCC(C)C)OC(=O)CCCCCCCCCCCCCC(C)C. The van der Waals surface area contributed by atoms with Gasteiger partial charge in [-0.05, 0) is 49.4 Å². The fourth-order valence-corrected chi connectivity index (χ4v) is 12.6. The van der Waals surface area contributed by atoms with Crippen molar-refractivity contribution >= 4 is 39.5 Å². The molecule has 6 atom stereocenters. The predicted octanol–water partition coefficient (Wildman–Crippen LogP) is 20.9. The van der Waals surface area contributed by atoms with Gasteiger partial charge in [0.2, 0.25) is 0 Å². The summed E-state index contributed by atoms with van der Waals surface area (Å²) >= 11 is 0. The molecule has 0 spiro atoms. The molecule has 0 radical (unpaired) electrons. The molecule has 3 unspecified atom stereocenters. The monoisotopic (exact) mass is 1350 g/mol. The predicted molar refractivity (Wildman–Crippen MR) is 372 cm³/mol. The molecule has 0 aromatic heterocycles. The van der Waals surface area contributed by atoms with E-state index < -0.39 is 97.5 Å². The summed E-state index contributed by atoms with van der Waals surface area (Å²) in [7, 11) is -9.91. The molecule has 0 aliphatic heterocycles. The molecule has 92 heavy (non-hydrogen) atoms. The Morgan fingerprint density at radius 1 is 0.304 bits per heavy atom. The van der Waals surface area contributed by atoms with E-state index in [0.29, 0.717) is 25.7 Å². The number of phosphoric ester groups is 2. The van der Waals surface area contributed by atoms with E-state index in [1.165, 1.54) is 161 Å². The van der Waals surface area contributed by atoms with Crippen molar-refractivity contribution in [2.24, 2.45) is 23.7 Å². The Morgan fingerprint density at radius 3 is 0.772 bits per heavy atom. The molecule has 0 amide bonds. The number of rotatable bonds is 70. The molecule has 0 heterocycles. The molecule has 0 fully saturated rings. The van der Waals surface area contributed by atoms with Gasteiger partial charge in [0.15, 0.2) is 12.2 Å². The van der Waals surface area contributed by atoms with E-state index in [4.69, 9.17) is 37.0 Å². The Kier molecular flexibility index (Phi) is 61.3.